The highest BCUT2D eigenvalue weighted by molar-refractivity contribution is 9.13. The lowest BCUT2D eigenvalue weighted by molar-refractivity contribution is 0.453. The van der Waals surface area contributed by atoms with Gasteiger partial charge in [0.1, 0.15) is 11.8 Å². The smallest absolute Gasteiger partial charge is 0.141 e. The van der Waals surface area contributed by atoms with Crippen molar-refractivity contribution in [1.29, 1.82) is 0 Å². The fourth-order valence-electron chi connectivity index (χ4n) is 1.30. The first-order chi connectivity index (χ1) is 7.63. The van der Waals surface area contributed by atoms with Gasteiger partial charge in [0.2, 0.25) is 0 Å². The van der Waals surface area contributed by atoms with Crippen molar-refractivity contribution in [2.24, 2.45) is 5.84 Å². The molecule has 0 bridgehead atoms. The number of hydrogen-bond donors (Lipinski definition) is 2. The SMILES string of the molecule is NNC(c1cc(Br)c(Br)s1)c1occc1Br. The van der Waals surface area contributed by atoms with Crippen LogP contribution in [0.1, 0.15) is 16.7 Å². The van der Waals surface area contributed by atoms with Crippen molar-refractivity contribution in [2.75, 3.05) is 0 Å². The van der Waals surface area contributed by atoms with Crippen molar-refractivity contribution in [3.8, 4) is 0 Å². The van der Waals surface area contributed by atoms with E-state index in [4.69, 9.17) is 10.3 Å². The predicted octanol–water partition coefficient (Wildman–Crippen LogP) is 4.18. The monoisotopic (exact) mass is 428 g/mol. The maximum absolute atomic E-state index is 5.57. The van der Waals surface area contributed by atoms with Crippen molar-refractivity contribution in [2.45, 2.75) is 6.04 Å². The number of hydrazine groups is 1. The molecule has 7 heteroatoms. The highest BCUT2D eigenvalue weighted by Gasteiger charge is 2.21. The van der Waals surface area contributed by atoms with E-state index in [1.54, 1.807) is 17.6 Å². The molecule has 0 aliphatic heterocycles. The van der Waals surface area contributed by atoms with E-state index in [0.717, 1.165) is 23.4 Å². The Bertz CT molecular complexity index is 477. The molecule has 3 nitrogen and oxygen atoms in total. The van der Waals surface area contributed by atoms with Crippen LogP contribution >= 0.6 is 59.1 Å². The van der Waals surface area contributed by atoms with Crippen LogP contribution in [-0.2, 0) is 0 Å². The molecule has 2 aromatic rings. The molecule has 2 heterocycles. The Kier molecular flexibility index (Phi) is 4.26. The lowest BCUT2D eigenvalue weighted by Gasteiger charge is -2.11. The largest absolute Gasteiger partial charge is 0.466 e. The highest BCUT2D eigenvalue weighted by Crippen LogP contribution is 2.39. The van der Waals surface area contributed by atoms with Gasteiger partial charge in [0.15, 0.2) is 0 Å². The average Bonchev–Trinajstić information content (AvgIpc) is 2.78. The van der Waals surface area contributed by atoms with E-state index in [1.165, 1.54) is 0 Å². The van der Waals surface area contributed by atoms with Crippen LogP contribution in [0, 0.1) is 0 Å². The van der Waals surface area contributed by atoms with E-state index >= 15 is 0 Å². The number of furan rings is 1. The highest BCUT2D eigenvalue weighted by atomic mass is 79.9. The van der Waals surface area contributed by atoms with E-state index in [-0.39, 0.29) is 6.04 Å². The minimum Gasteiger partial charge on any atom is -0.466 e. The van der Waals surface area contributed by atoms with Crippen LogP contribution in [-0.4, -0.2) is 0 Å². The Morgan fingerprint density at radius 1 is 1.31 bits per heavy atom. The van der Waals surface area contributed by atoms with Crippen molar-refractivity contribution >= 4 is 59.1 Å². The number of rotatable bonds is 3. The fraction of sp³-hybridized carbons (Fsp3) is 0.111. The van der Waals surface area contributed by atoms with Crippen molar-refractivity contribution in [1.82, 2.24) is 5.43 Å². The summed E-state index contributed by atoms with van der Waals surface area (Å²) < 4.78 is 8.35. The molecular formula is C9H7Br3N2OS. The summed E-state index contributed by atoms with van der Waals surface area (Å²) >= 11 is 11.9. The normalized spacial score (nSPS) is 13.0. The lowest BCUT2D eigenvalue weighted by atomic mass is 10.2. The number of nitrogens with one attached hydrogen (secondary N) is 1. The van der Waals surface area contributed by atoms with Gasteiger partial charge in [0.25, 0.3) is 0 Å². The summed E-state index contributed by atoms with van der Waals surface area (Å²) in [5, 5.41) is 0. The molecule has 2 rings (SSSR count). The molecule has 0 spiro atoms. The molecule has 0 amide bonds. The van der Waals surface area contributed by atoms with Gasteiger partial charge in [-0.05, 0) is 59.9 Å². The molecule has 1 unspecified atom stereocenters. The van der Waals surface area contributed by atoms with Gasteiger partial charge < -0.3 is 4.42 Å². The second kappa shape index (κ2) is 5.32. The van der Waals surface area contributed by atoms with Gasteiger partial charge in [-0.1, -0.05) is 0 Å². The first kappa shape index (κ1) is 12.8. The zero-order valence-corrected chi connectivity index (χ0v) is 13.4. The summed E-state index contributed by atoms with van der Waals surface area (Å²) in [5.41, 5.74) is 2.75. The number of halogens is 3. The average molecular weight is 431 g/mol. The quantitative estimate of drug-likeness (QED) is 0.567. The third-order valence-corrected chi connectivity index (χ3v) is 6.00. The first-order valence-electron chi connectivity index (χ1n) is 4.27. The molecule has 86 valence electrons. The fourth-order valence-corrected chi connectivity index (χ4v) is 3.88. The molecule has 0 aliphatic carbocycles. The van der Waals surface area contributed by atoms with Gasteiger partial charge in [-0.15, -0.1) is 11.3 Å². The zero-order valence-electron chi connectivity index (χ0n) is 7.84. The second-order valence-corrected chi connectivity index (χ2v) is 7.11. The second-order valence-electron chi connectivity index (χ2n) is 3.00. The maximum Gasteiger partial charge on any atom is 0.141 e. The van der Waals surface area contributed by atoms with Gasteiger partial charge in [0.05, 0.1) is 14.5 Å². The summed E-state index contributed by atoms with van der Waals surface area (Å²) in [4.78, 5) is 1.07. The lowest BCUT2D eigenvalue weighted by Crippen LogP contribution is -2.28. The Labute approximate surface area is 122 Å². The summed E-state index contributed by atoms with van der Waals surface area (Å²) in [5.74, 6) is 6.34. The maximum atomic E-state index is 5.57. The van der Waals surface area contributed by atoms with Crippen LogP contribution in [0.4, 0.5) is 0 Å². The van der Waals surface area contributed by atoms with E-state index < -0.39 is 0 Å². The molecule has 0 fully saturated rings. The van der Waals surface area contributed by atoms with Gasteiger partial charge in [-0.3, -0.25) is 5.84 Å². The van der Waals surface area contributed by atoms with Crippen LogP contribution in [0.25, 0.3) is 0 Å². The van der Waals surface area contributed by atoms with Crippen LogP contribution in [0.5, 0.6) is 0 Å². The summed E-state index contributed by atoms with van der Waals surface area (Å²) in [6.45, 7) is 0. The van der Waals surface area contributed by atoms with Crippen LogP contribution < -0.4 is 11.3 Å². The van der Waals surface area contributed by atoms with Gasteiger partial charge >= 0.3 is 0 Å². The zero-order chi connectivity index (χ0) is 11.7. The van der Waals surface area contributed by atoms with Crippen molar-refractivity contribution in [3.63, 3.8) is 0 Å². The van der Waals surface area contributed by atoms with E-state index in [0.29, 0.717) is 0 Å². The van der Waals surface area contributed by atoms with E-state index in [9.17, 15) is 0 Å². The van der Waals surface area contributed by atoms with Crippen molar-refractivity contribution in [3.05, 3.63) is 41.8 Å². The van der Waals surface area contributed by atoms with E-state index in [2.05, 4.69) is 53.2 Å². The van der Waals surface area contributed by atoms with E-state index in [1.807, 2.05) is 12.1 Å². The predicted molar refractivity (Wildman–Crippen MR) is 75.3 cm³/mol. The minimum absolute atomic E-state index is 0.156. The van der Waals surface area contributed by atoms with Gasteiger partial charge in [-0.25, -0.2) is 5.43 Å². The standard InChI is InChI=1S/C9H7Br3N2OS/c10-4-1-2-15-8(4)7(14-13)6-3-5(11)9(12)16-6/h1-3,7,14H,13H2. The Balaban J connectivity index is 2.40. The Morgan fingerprint density at radius 3 is 2.50 bits per heavy atom. The molecule has 3 N–H and O–H groups in total. The number of thiophene rings is 1. The van der Waals surface area contributed by atoms with Gasteiger partial charge in [-0.2, -0.15) is 0 Å². The third kappa shape index (κ3) is 2.44. The molecule has 2 aromatic heterocycles. The molecule has 0 saturated carbocycles. The van der Waals surface area contributed by atoms with Gasteiger partial charge in [0, 0.05) is 9.35 Å². The Morgan fingerprint density at radius 2 is 2.06 bits per heavy atom. The topological polar surface area (TPSA) is 51.2 Å². The van der Waals surface area contributed by atoms with Crippen LogP contribution in [0.2, 0.25) is 0 Å². The molecule has 16 heavy (non-hydrogen) atoms. The van der Waals surface area contributed by atoms with Crippen LogP contribution in [0.3, 0.4) is 0 Å². The summed E-state index contributed by atoms with van der Waals surface area (Å²) in [6, 6.07) is 3.70. The first-order valence-corrected chi connectivity index (χ1v) is 7.46. The molecule has 1 atom stereocenters. The Hall–Kier alpha value is 0.340. The summed E-state index contributed by atoms with van der Waals surface area (Å²) in [6.07, 6.45) is 1.63. The van der Waals surface area contributed by atoms with Crippen molar-refractivity contribution < 1.29 is 4.42 Å². The third-order valence-electron chi connectivity index (χ3n) is 2.02. The number of hydrogen-bond acceptors (Lipinski definition) is 4. The molecule has 0 aliphatic rings. The molecular weight excluding hydrogens is 424 g/mol. The molecule has 0 saturated heterocycles. The number of nitrogens with two attached hydrogens (primary N) is 1. The van der Waals surface area contributed by atoms with Crippen LogP contribution in [0.15, 0.2) is 35.5 Å². The molecule has 0 aromatic carbocycles. The molecule has 0 radical (unpaired) electrons. The minimum atomic E-state index is -0.156. The summed E-state index contributed by atoms with van der Waals surface area (Å²) in [7, 11) is 0.